The molecule has 0 amide bonds. The molecule has 1 aromatic rings. The second-order valence-corrected chi connectivity index (χ2v) is 4.04. The SMILES string of the molecule is CCC(=O)C1=C(C)c2cccc(OC)c2C1. The fraction of sp³-hybridized carbons (Fsp3) is 0.357. The zero-order chi connectivity index (χ0) is 11.7. The van der Waals surface area contributed by atoms with Crippen molar-refractivity contribution < 1.29 is 9.53 Å². The van der Waals surface area contributed by atoms with Crippen molar-refractivity contribution in [3.63, 3.8) is 0 Å². The number of carbonyl (C=O) groups is 1. The molecule has 2 rings (SSSR count). The van der Waals surface area contributed by atoms with Gasteiger partial charge in [0.25, 0.3) is 0 Å². The van der Waals surface area contributed by atoms with Gasteiger partial charge in [-0.05, 0) is 24.1 Å². The summed E-state index contributed by atoms with van der Waals surface area (Å²) in [6, 6.07) is 5.98. The largest absolute Gasteiger partial charge is 0.496 e. The van der Waals surface area contributed by atoms with E-state index in [0.717, 1.165) is 34.4 Å². The minimum absolute atomic E-state index is 0.246. The van der Waals surface area contributed by atoms with E-state index in [4.69, 9.17) is 4.74 Å². The first-order valence-electron chi connectivity index (χ1n) is 5.58. The van der Waals surface area contributed by atoms with Gasteiger partial charge in [-0.2, -0.15) is 0 Å². The third-order valence-electron chi connectivity index (χ3n) is 3.22. The highest BCUT2D eigenvalue weighted by Crippen LogP contribution is 2.38. The monoisotopic (exact) mass is 216 g/mol. The molecule has 0 radical (unpaired) electrons. The van der Waals surface area contributed by atoms with Crippen LogP contribution in [-0.4, -0.2) is 12.9 Å². The van der Waals surface area contributed by atoms with Crippen molar-refractivity contribution in [1.82, 2.24) is 0 Å². The van der Waals surface area contributed by atoms with Crippen molar-refractivity contribution in [3.05, 3.63) is 34.9 Å². The molecule has 84 valence electrons. The molecule has 0 saturated carbocycles. The van der Waals surface area contributed by atoms with Crippen molar-refractivity contribution in [2.24, 2.45) is 0 Å². The van der Waals surface area contributed by atoms with Crippen LogP contribution >= 0.6 is 0 Å². The predicted octanol–water partition coefficient (Wildman–Crippen LogP) is 3.00. The van der Waals surface area contributed by atoms with E-state index < -0.39 is 0 Å². The number of ketones is 1. The van der Waals surface area contributed by atoms with E-state index in [1.54, 1.807) is 7.11 Å². The number of fused-ring (bicyclic) bond motifs is 1. The Bertz CT molecular complexity index is 470. The number of methoxy groups -OCH3 is 1. The number of Topliss-reactive ketones (excluding diaryl/α,β-unsaturated/α-hetero) is 1. The Kier molecular flexibility index (Phi) is 2.82. The average Bonchev–Trinajstić information content (AvgIpc) is 2.66. The minimum atomic E-state index is 0.246. The topological polar surface area (TPSA) is 26.3 Å². The Hall–Kier alpha value is -1.57. The van der Waals surface area contributed by atoms with Crippen LogP contribution in [0.25, 0.3) is 5.57 Å². The third kappa shape index (κ3) is 1.54. The van der Waals surface area contributed by atoms with Crippen molar-refractivity contribution in [1.29, 1.82) is 0 Å². The van der Waals surface area contributed by atoms with Crippen LogP contribution in [0.5, 0.6) is 5.75 Å². The van der Waals surface area contributed by atoms with Crippen molar-refractivity contribution in [2.75, 3.05) is 7.11 Å². The highest BCUT2D eigenvalue weighted by molar-refractivity contribution is 6.05. The maximum absolute atomic E-state index is 11.8. The first-order chi connectivity index (χ1) is 7.69. The highest BCUT2D eigenvalue weighted by Gasteiger charge is 2.24. The van der Waals surface area contributed by atoms with E-state index in [1.165, 1.54) is 0 Å². The maximum atomic E-state index is 11.8. The van der Waals surface area contributed by atoms with E-state index in [1.807, 2.05) is 26.0 Å². The summed E-state index contributed by atoms with van der Waals surface area (Å²) < 4.78 is 5.33. The fourth-order valence-corrected chi connectivity index (χ4v) is 2.28. The zero-order valence-electron chi connectivity index (χ0n) is 9.96. The van der Waals surface area contributed by atoms with Gasteiger partial charge < -0.3 is 4.74 Å². The van der Waals surface area contributed by atoms with Gasteiger partial charge >= 0.3 is 0 Å². The molecule has 0 unspecified atom stereocenters. The first-order valence-corrected chi connectivity index (χ1v) is 5.58. The first kappa shape index (κ1) is 10.9. The van der Waals surface area contributed by atoms with E-state index in [9.17, 15) is 4.79 Å². The number of allylic oxidation sites excluding steroid dienone is 2. The predicted molar refractivity (Wildman–Crippen MR) is 64.6 cm³/mol. The van der Waals surface area contributed by atoms with Crippen molar-refractivity contribution in [2.45, 2.75) is 26.7 Å². The molecule has 0 saturated heterocycles. The molecule has 0 aromatic heterocycles. The van der Waals surface area contributed by atoms with Crippen molar-refractivity contribution in [3.8, 4) is 5.75 Å². The molecule has 0 bridgehead atoms. The zero-order valence-corrected chi connectivity index (χ0v) is 9.96. The smallest absolute Gasteiger partial charge is 0.159 e. The Morgan fingerprint density at radius 3 is 2.81 bits per heavy atom. The molecule has 0 fully saturated rings. The molecule has 2 heteroatoms. The summed E-state index contributed by atoms with van der Waals surface area (Å²) in [4.78, 5) is 11.8. The lowest BCUT2D eigenvalue weighted by atomic mass is 10.0. The molecule has 0 atom stereocenters. The van der Waals surface area contributed by atoms with Crippen LogP contribution in [0.3, 0.4) is 0 Å². The Morgan fingerprint density at radius 2 is 2.19 bits per heavy atom. The lowest BCUT2D eigenvalue weighted by Gasteiger charge is -2.06. The van der Waals surface area contributed by atoms with Crippen LogP contribution in [0.2, 0.25) is 0 Å². The van der Waals surface area contributed by atoms with Crippen LogP contribution in [0, 0.1) is 0 Å². The molecule has 0 aliphatic heterocycles. The maximum Gasteiger partial charge on any atom is 0.159 e. The third-order valence-corrected chi connectivity index (χ3v) is 3.22. The molecule has 1 aliphatic carbocycles. The van der Waals surface area contributed by atoms with Gasteiger partial charge in [0, 0.05) is 24.0 Å². The van der Waals surface area contributed by atoms with Crippen LogP contribution < -0.4 is 4.74 Å². The average molecular weight is 216 g/mol. The summed E-state index contributed by atoms with van der Waals surface area (Å²) >= 11 is 0. The number of hydrogen-bond donors (Lipinski definition) is 0. The summed E-state index contributed by atoms with van der Waals surface area (Å²) in [5.74, 6) is 1.13. The lowest BCUT2D eigenvalue weighted by Crippen LogP contribution is -2.01. The van der Waals surface area contributed by atoms with E-state index >= 15 is 0 Å². The van der Waals surface area contributed by atoms with Gasteiger partial charge in [-0.1, -0.05) is 19.1 Å². The number of ether oxygens (including phenoxy) is 1. The Morgan fingerprint density at radius 1 is 1.44 bits per heavy atom. The van der Waals surface area contributed by atoms with Gasteiger partial charge in [-0.3, -0.25) is 4.79 Å². The highest BCUT2D eigenvalue weighted by atomic mass is 16.5. The summed E-state index contributed by atoms with van der Waals surface area (Å²) in [6.07, 6.45) is 1.29. The van der Waals surface area contributed by atoms with Crippen molar-refractivity contribution >= 4 is 11.4 Å². The lowest BCUT2D eigenvalue weighted by molar-refractivity contribution is -0.115. The number of hydrogen-bond acceptors (Lipinski definition) is 2. The molecule has 0 N–H and O–H groups in total. The second-order valence-electron chi connectivity index (χ2n) is 4.04. The van der Waals surface area contributed by atoms with Crippen LogP contribution in [0.1, 0.15) is 31.4 Å². The van der Waals surface area contributed by atoms with Gasteiger partial charge in [-0.25, -0.2) is 0 Å². The van der Waals surface area contributed by atoms with Gasteiger partial charge in [0.2, 0.25) is 0 Å². The van der Waals surface area contributed by atoms with Crippen LogP contribution in [0.15, 0.2) is 23.8 Å². The number of rotatable bonds is 3. The molecular formula is C14H16O2. The summed E-state index contributed by atoms with van der Waals surface area (Å²) in [6.45, 7) is 3.93. The molecular weight excluding hydrogens is 200 g/mol. The van der Waals surface area contributed by atoms with E-state index in [-0.39, 0.29) is 5.78 Å². The van der Waals surface area contributed by atoms with Crippen LogP contribution in [-0.2, 0) is 11.2 Å². The van der Waals surface area contributed by atoms with E-state index in [2.05, 4.69) is 6.07 Å². The molecule has 1 aliphatic rings. The van der Waals surface area contributed by atoms with Gasteiger partial charge in [0.1, 0.15) is 5.75 Å². The fourth-order valence-electron chi connectivity index (χ4n) is 2.28. The number of benzene rings is 1. The summed E-state index contributed by atoms with van der Waals surface area (Å²) in [5.41, 5.74) is 4.37. The molecule has 0 spiro atoms. The molecule has 1 aromatic carbocycles. The number of carbonyl (C=O) groups excluding carboxylic acids is 1. The summed E-state index contributed by atoms with van der Waals surface area (Å²) in [5, 5.41) is 0. The Balaban J connectivity index is 2.48. The molecule has 0 heterocycles. The van der Waals surface area contributed by atoms with Gasteiger partial charge in [-0.15, -0.1) is 0 Å². The standard InChI is InChI=1S/C14H16O2/c1-4-13(15)11-8-12-10(9(11)2)6-5-7-14(12)16-3/h5-7H,4,8H2,1-3H3. The summed E-state index contributed by atoms with van der Waals surface area (Å²) in [7, 11) is 1.67. The second kappa shape index (κ2) is 4.12. The quantitative estimate of drug-likeness (QED) is 0.776. The van der Waals surface area contributed by atoms with Crippen LogP contribution in [0.4, 0.5) is 0 Å². The van der Waals surface area contributed by atoms with Gasteiger partial charge in [0.05, 0.1) is 7.11 Å². The minimum Gasteiger partial charge on any atom is -0.496 e. The normalized spacial score (nSPS) is 13.9. The van der Waals surface area contributed by atoms with E-state index in [0.29, 0.717) is 6.42 Å². The molecule has 2 nitrogen and oxygen atoms in total. The Labute approximate surface area is 95.9 Å². The van der Waals surface area contributed by atoms with Gasteiger partial charge in [0.15, 0.2) is 5.78 Å². The molecule has 16 heavy (non-hydrogen) atoms.